The topological polar surface area (TPSA) is 0 Å². The smallest absolute Gasteiger partial charge is 0.0274 e. The summed E-state index contributed by atoms with van der Waals surface area (Å²) in [5, 5.41) is 0. The van der Waals surface area contributed by atoms with Crippen molar-refractivity contribution in [2.24, 2.45) is 0 Å². The first-order valence-electron chi connectivity index (χ1n) is 8.18. The van der Waals surface area contributed by atoms with E-state index in [1.807, 2.05) is 6.92 Å². The molecule has 0 aliphatic carbocycles. The van der Waals surface area contributed by atoms with Gasteiger partial charge in [0.05, 0.1) is 0 Å². The maximum atomic E-state index is 3.19. The van der Waals surface area contributed by atoms with E-state index in [9.17, 15) is 0 Å². The normalized spacial score (nSPS) is 11.0. The number of aryl methyl sites for hydroxylation is 2. The first kappa shape index (κ1) is 16.4. The highest BCUT2D eigenvalue weighted by Gasteiger charge is 2.30. The highest BCUT2D eigenvalue weighted by Crippen LogP contribution is 2.39. The third-order valence-electron chi connectivity index (χ3n) is 4.82. The molecule has 0 aliphatic rings. The minimum Gasteiger partial charge on any atom is -0.101 e. The van der Waals surface area contributed by atoms with Crippen molar-refractivity contribution in [2.75, 3.05) is 0 Å². The van der Waals surface area contributed by atoms with Gasteiger partial charge < -0.3 is 0 Å². The quantitative estimate of drug-likeness (QED) is 0.626. The first-order valence-corrected chi connectivity index (χ1v) is 8.18. The van der Waals surface area contributed by atoms with Gasteiger partial charge in [0.15, 0.2) is 0 Å². The Bertz CT molecular complexity index is 706. The summed E-state index contributed by atoms with van der Waals surface area (Å²) < 4.78 is 0. The molecule has 0 aromatic heterocycles. The maximum Gasteiger partial charge on any atom is 0.0274 e. The van der Waals surface area contributed by atoms with E-state index in [2.05, 4.69) is 82.0 Å². The summed E-state index contributed by atoms with van der Waals surface area (Å²) in [5.74, 6) is 6.19. The van der Waals surface area contributed by atoms with Gasteiger partial charge >= 0.3 is 0 Å². The maximum absolute atomic E-state index is 3.19. The lowest BCUT2D eigenvalue weighted by molar-refractivity contribution is 0.478. The van der Waals surface area contributed by atoms with Gasteiger partial charge in [-0.3, -0.25) is 0 Å². The zero-order valence-electron chi connectivity index (χ0n) is 14.5. The molecule has 0 nitrogen and oxygen atoms in total. The molecule has 0 atom stereocenters. The fourth-order valence-electron chi connectivity index (χ4n) is 3.41. The van der Waals surface area contributed by atoms with Gasteiger partial charge in [0, 0.05) is 11.0 Å². The van der Waals surface area contributed by atoms with Crippen LogP contribution in [-0.4, -0.2) is 0 Å². The van der Waals surface area contributed by atoms with Crippen LogP contribution in [0.3, 0.4) is 0 Å². The number of rotatable bonds is 4. The summed E-state index contributed by atoms with van der Waals surface area (Å²) in [6.07, 6.45) is 2.20. The van der Waals surface area contributed by atoms with E-state index in [0.717, 1.165) is 18.4 Å². The van der Waals surface area contributed by atoms with Crippen molar-refractivity contribution in [3.63, 3.8) is 0 Å². The SMILES string of the molecule is CC#Cc1ccc(C(CC)(CC)c2cccc(C)c2)cc1C. The molecule has 0 heteroatoms. The molecule has 0 radical (unpaired) electrons. The van der Waals surface area contributed by atoms with Gasteiger partial charge in [-0.25, -0.2) is 0 Å². The summed E-state index contributed by atoms with van der Waals surface area (Å²) in [4.78, 5) is 0. The van der Waals surface area contributed by atoms with Gasteiger partial charge in [0.1, 0.15) is 0 Å². The average molecular weight is 290 g/mol. The molecular weight excluding hydrogens is 264 g/mol. The van der Waals surface area contributed by atoms with Crippen LogP contribution >= 0.6 is 0 Å². The average Bonchev–Trinajstić information content (AvgIpc) is 2.52. The molecule has 0 saturated heterocycles. The largest absolute Gasteiger partial charge is 0.101 e. The van der Waals surface area contributed by atoms with Gasteiger partial charge in [0.2, 0.25) is 0 Å². The Balaban J connectivity index is 2.60. The van der Waals surface area contributed by atoms with Gasteiger partial charge in [-0.15, -0.1) is 5.92 Å². The van der Waals surface area contributed by atoms with Crippen LogP contribution in [-0.2, 0) is 5.41 Å². The van der Waals surface area contributed by atoms with Crippen molar-refractivity contribution in [1.29, 1.82) is 0 Å². The number of hydrogen-bond donors (Lipinski definition) is 0. The Labute approximate surface area is 135 Å². The molecule has 0 heterocycles. The molecule has 0 N–H and O–H groups in total. The van der Waals surface area contributed by atoms with E-state index >= 15 is 0 Å². The fraction of sp³-hybridized carbons (Fsp3) is 0.364. The van der Waals surface area contributed by atoms with Crippen LogP contribution < -0.4 is 0 Å². The second-order valence-corrected chi connectivity index (χ2v) is 6.06. The molecule has 0 unspecified atom stereocenters. The highest BCUT2D eigenvalue weighted by atomic mass is 14.3. The highest BCUT2D eigenvalue weighted by molar-refractivity contribution is 5.48. The van der Waals surface area contributed by atoms with Crippen molar-refractivity contribution in [3.05, 3.63) is 70.3 Å². The van der Waals surface area contributed by atoms with Crippen LogP contribution in [0.2, 0.25) is 0 Å². The molecule has 2 aromatic carbocycles. The number of benzene rings is 2. The molecule has 0 saturated carbocycles. The van der Waals surface area contributed by atoms with Crippen molar-refractivity contribution in [2.45, 2.75) is 52.9 Å². The van der Waals surface area contributed by atoms with E-state index < -0.39 is 0 Å². The van der Waals surface area contributed by atoms with E-state index in [1.54, 1.807) is 0 Å². The van der Waals surface area contributed by atoms with Crippen molar-refractivity contribution in [3.8, 4) is 11.8 Å². The monoisotopic (exact) mass is 290 g/mol. The summed E-state index contributed by atoms with van der Waals surface area (Å²) in [5.41, 5.74) is 6.65. The van der Waals surface area contributed by atoms with Gasteiger partial charge in [-0.2, -0.15) is 0 Å². The van der Waals surface area contributed by atoms with Crippen LogP contribution in [0, 0.1) is 25.7 Å². The van der Waals surface area contributed by atoms with Crippen molar-refractivity contribution < 1.29 is 0 Å². The Morgan fingerprint density at radius 2 is 1.59 bits per heavy atom. The lowest BCUT2D eigenvalue weighted by Gasteiger charge is -2.34. The second kappa shape index (κ2) is 6.84. The summed E-state index contributed by atoms with van der Waals surface area (Å²) in [7, 11) is 0. The minimum absolute atomic E-state index is 0.0922. The molecular formula is C22H26. The van der Waals surface area contributed by atoms with Crippen LogP contribution in [0.1, 0.15) is 61.4 Å². The summed E-state index contributed by atoms with van der Waals surface area (Å²) >= 11 is 0. The van der Waals surface area contributed by atoms with Crippen LogP contribution in [0.4, 0.5) is 0 Å². The van der Waals surface area contributed by atoms with E-state index in [-0.39, 0.29) is 5.41 Å². The molecule has 0 spiro atoms. The molecule has 2 aromatic rings. The Hall–Kier alpha value is -2.00. The summed E-state index contributed by atoms with van der Waals surface area (Å²) in [6, 6.07) is 15.7. The molecule has 22 heavy (non-hydrogen) atoms. The van der Waals surface area contributed by atoms with Crippen molar-refractivity contribution >= 4 is 0 Å². The second-order valence-electron chi connectivity index (χ2n) is 6.06. The Kier molecular flexibility index (Phi) is 5.09. The lowest BCUT2D eigenvalue weighted by atomic mass is 9.70. The fourth-order valence-corrected chi connectivity index (χ4v) is 3.41. The molecule has 0 fully saturated rings. The summed E-state index contributed by atoms with van der Waals surface area (Å²) in [6.45, 7) is 10.8. The molecule has 0 aliphatic heterocycles. The third kappa shape index (κ3) is 2.95. The zero-order chi connectivity index (χ0) is 16.2. The van der Waals surface area contributed by atoms with Crippen LogP contribution in [0.15, 0.2) is 42.5 Å². The third-order valence-corrected chi connectivity index (χ3v) is 4.82. The molecule has 0 amide bonds. The van der Waals surface area contributed by atoms with Crippen LogP contribution in [0.5, 0.6) is 0 Å². The first-order chi connectivity index (χ1) is 10.6. The predicted octanol–water partition coefficient (Wildman–Crippen LogP) is 5.78. The molecule has 2 rings (SSSR count). The van der Waals surface area contributed by atoms with Gasteiger partial charge in [0.25, 0.3) is 0 Å². The van der Waals surface area contributed by atoms with Crippen molar-refractivity contribution in [1.82, 2.24) is 0 Å². The Morgan fingerprint density at radius 3 is 2.14 bits per heavy atom. The van der Waals surface area contributed by atoms with E-state index in [1.165, 1.54) is 22.3 Å². The van der Waals surface area contributed by atoms with E-state index in [0.29, 0.717) is 0 Å². The van der Waals surface area contributed by atoms with Crippen LogP contribution in [0.25, 0.3) is 0 Å². The lowest BCUT2D eigenvalue weighted by Crippen LogP contribution is -2.26. The Morgan fingerprint density at radius 1 is 0.909 bits per heavy atom. The predicted molar refractivity (Wildman–Crippen MR) is 96.3 cm³/mol. The minimum atomic E-state index is 0.0922. The van der Waals surface area contributed by atoms with Gasteiger partial charge in [-0.1, -0.05) is 61.7 Å². The molecule has 114 valence electrons. The zero-order valence-corrected chi connectivity index (χ0v) is 14.5. The van der Waals surface area contributed by atoms with E-state index in [4.69, 9.17) is 0 Å². The molecule has 0 bridgehead atoms. The standard InChI is InChI=1S/C22H26/c1-6-10-19-13-14-21(16-18(19)5)22(7-2,8-3)20-12-9-11-17(4)15-20/h9,11-16H,7-8H2,1-5H3. The van der Waals surface area contributed by atoms with Gasteiger partial charge in [-0.05, 0) is 56.4 Å². The number of hydrogen-bond acceptors (Lipinski definition) is 0.